The van der Waals surface area contributed by atoms with Crippen molar-refractivity contribution in [1.82, 2.24) is 10.2 Å². The van der Waals surface area contributed by atoms with Crippen molar-refractivity contribution in [3.8, 4) is 0 Å². The lowest BCUT2D eigenvalue weighted by Crippen LogP contribution is -2.52. The van der Waals surface area contributed by atoms with Crippen LogP contribution in [0.5, 0.6) is 0 Å². The summed E-state index contributed by atoms with van der Waals surface area (Å²) in [5.41, 5.74) is 1.90. The van der Waals surface area contributed by atoms with E-state index in [2.05, 4.69) is 5.32 Å². The molecule has 0 bridgehead atoms. The molecule has 0 saturated carbocycles. The van der Waals surface area contributed by atoms with Gasteiger partial charge in [0.05, 0.1) is 31.1 Å². The van der Waals surface area contributed by atoms with Gasteiger partial charge in [-0.25, -0.2) is 0 Å². The van der Waals surface area contributed by atoms with E-state index in [1.54, 1.807) is 6.92 Å². The predicted molar refractivity (Wildman–Crippen MR) is 140 cm³/mol. The molecule has 0 spiro atoms. The first kappa shape index (κ1) is 26.6. The average Bonchev–Trinajstić information content (AvgIpc) is 3.23. The van der Waals surface area contributed by atoms with Gasteiger partial charge in [-0.05, 0) is 36.8 Å². The fourth-order valence-electron chi connectivity index (χ4n) is 5.82. The lowest BCUT2D eigenvalue weighted by atomic mass is 9.69. The van der Waals surface area contributed by atoms with Crippen molar-refractivity contribution in [3.63, 3.8) is 0 Å². The molecular weight excluding hydrogens is 468 g/mol. The number of carbonyl (C=O) groups is 3. The van der Waals surface area contributed by atoms with Gasteiger partial charge < -0.3 is 20.1 Å². The van der Waals surface area contributed by atoms with Crippen molar-refractivity contribution in [1.29, 1.82) is 0 Å². The monoisotopic (exact) mass is 504 g/mol. The molecule has 196 valence electrons. The smallest absolute Gasteiger partial charge is 0.310 e. The number of nitrogens with zero attached hydrogens (tertiary/aromatic N) is 1. The Hall–Kier alpha value is -3.45. The molecule has 1 aliphatic carbocycles. The third-order valence-corrected chi connectivity index (χ3v) is 7.57. The fraction of sp³-hybridized carbons (Fsp3) is 0.433. The number of nitrogens with one attached hydrogen (secondary N) is 1. The van der Waals surface area contributed by atoms with Crippen molar-refractivity contribution >= 4 is 17.8 Å². The van der Waals surface area contributed by atoms with Crippen molar-refractivity contribution in [3.05, 3.63) is 83.9 Å². The summed E-state index contributed by atoms with van der Waals surface area (Å²) in [5, 5.41) is 13.4. The van der Waals surface area contributed by atoms with Crippen molar-refractivity contribution in [2.75, 3.05) is 13.2 Å². The van der Waals surface area contributed by atoms with Crippen molar-refractivity contribution in [2.45, 2.75) is 45.3 Å². The number of fused-ring (bicyclic) bond motifs is 1. The number of amides is 2. The SMILES string of the molecule is CCOC(=O)[C@H]1[C@H]2C(=O)N([C@@H](CO)Cc3ccccc3)[C@H](C(=O)NCc3ccccc3)[C@H]2C=C[C@H]1CC. The van der Waals surface area contributed by atoms with Crippen molar-refractivity contribution < 1.29 is 24.2 Å². The minimum absolute atomic E-state index is 0.154. The van der Waals surface area contributed by atoms with E-state index in [-0.39, 0.29) is 30.9 Å². The van der Waals surface area contributed by atoms with Crippen LogP contribution >= 0.6 is 0 Å². The highest BCUT2D eigenvalue weighted by Gasteiger charge is 2.58. The molecule has 0 aromatic heterocycles. The minimum atomic E-state index is -0.840. The number of aliphatic hydroxyl groups is 1. The second-order valence-electron chi connectivity index (χ2n) is 9.76. The van der Waals surface area contributed by atoms with Gasteiger partial charge in [-0.3, -0.25) is 14.4 Å². The second kappa shape index (κ2) is 12.2. The highest BCUT2D eigenvalue weighted by molar-refractivity contribution is 5.96. The lowest BCUT2D eigenvalue weighted by Gasteiger charge is -2.34. The topological polar surface area (TPSA) is 95.9 Å². The molecule has 2 N–H and O–H groups in total. The average molecular weight is 505 g/mol. The summed E-state index contributed by atoms with van der Waals surface area (Å²) >= 11 is 0. The van der Waals surface area contributed by atoms with Crippen molar-refractivity contribution in [2.24, 2.45) is 23.7 Å². The molecule has 2 amide bonds. The Morgan fingerprint density at radius 1 is 1.00 bits per heavy atom. The van der Waals surface area contributed by atoms with Crippen LogP contribution in [0, 0.1) is 23.7 Å². The zero-order chi connectivity index (χ0) is 26.4. The number of benzene rings is 2. The Morgan fingerprint density at radius 2 is 1.65 bits per heavy atom. The fourth-order valence-corrected chi connectivity index (χ4v) is 5.82. The van der Waals surface area contributed by atoms with Gasteiger partial charge in [0.25, 0.3) is 0 Å². The van der Waals surface area contributed by atoms with E-state index in [1.807, 2.05) is 79.7 Å². The molecule has 7 heteroatoms. The van der Waals surface area contributed by atoms with E-state index in [0.29, 0.717) is 19.4 Å². The number of hydrogen-bond donors (Lipinski definition) is 2. The predicted octanol–water partition coefficient (Wildman–Crippen LogP) is 3.12. The van der Waals surface area contributed by atoms with Crippen LogP contribution in [0.1, 0.15) is 31.4 Å². The summed E-state index contributed by atoms with van der Waals surface area (Å²) in [7, 11) is 0. The van der Waals surface area contributed by atoms with Crippen LogP contribution < -0.4 is 5.32 Å². The number of esters is 1. The minimum Gasteiger partial charge on any atom is -0.466 e. The molecule has 1 aliphatic heterocycles. The number of aliphatic hydroxyl groups excluding tert-OH is 1. The van der Waals surface area contributed by atoms with Gasteiger partial charge in [0.1, 0.15) is 6.04 Å². The molecule has 0 unspecified atom stereocenters. The summed E-state index contributed by atoms with van der Waals surface area (Å²) in [5.74, 6) is -3.01. The normalized spacial score (nSPS) is 25.4. The highest BCUT2D eigenvalue weighted by atomic mass is 16.5. The molecule has 2 aromatic rings. The second-order valence-corrected chi connectivity index (χ2v) is 9.76. The zero-order valence-electron chi connectivity index (χ0n) is 21.5. The number of rotatable bonds is 10. The molecule has 2 aliphatic rings. The first-order valence-electron chi connectivity index (χ1n) is 13.1. The Kier molecular flexibility index (Phi) is 8.77. The Morgan fingerprint density at radius 3 is 2.24 bits per heavy atom. The maximum atomic E-state index is 14.1. The quantitative estimate of drug-likeness (QED) is 0.383. The number of carbonyl (C=O) groups excluding carboxylic acids is 3. The third kappa shape index (κ3) is 5.62. The summed E-state index contributed by atoms with van der Waals surface area (Å²) in [6.45, 7) is 3.97. The van der Waals surface area contributed by atoms with Crippen LogP contribution in [-0.2, 0) is 32.1 Å². The van der Waals surface area contributed by atoms with Gasteiger partial charge >= 0.3 is 5.97 Å². The van der Waals surface area contributed by atoms with Crippen LogP contribution in [0.25, 0.3) is 0 Å². The molecule has 1 heterocycles. The van der Waals surface area contributed by atoms with E-state index in [0.717, 1.165) is 11.1 Å². The molecule has 2 aromatic carbocycles. The van der Waals surface area contributed by atoms with Gasteiger partial charge in [0.2, 0.25) is 11.8 Å². The van der Waals surface area contributed by atoms with Gasteiger partial charge in [-0.15, -0.1) is 0 Å². The molecular formula is C30H36N2O5. The third-order valence-electron chi connectivity index (χ3n) is 7.57. The summed E-state index contributed by atoms with van der Waals surface area (Å²) in [6, 6.07) is 17.7. The van der Waals surface area contributed by atoms with E-state index < -0.39 is 35.8 Å². The molecule has 6 atom stereocenters. The standard InChI is InChI=1S/C30H36N2O5/c1-3-22-15-16-24-26(25(22)30(36)37-4-2)29(35)32(23(19-33)17-20-11-7-5-8-12-20)27(24)28(34)31-18-21-13-9-6-10-14-21/h5-16,22-27,33H,3-4,17-19H2,1-2H3,(H,31,34)/t22-,23-,24+,25-,26+,27+/m1/s1. The van der Waals surface area contributed by atoms with Crippen LogP contribution in [0.3, 0.4) is 0 Å². The van der Waals surface area contributed by atoms with E-state index in [1.165, 1.54) is 4.90 Å². The lowest BCUT2D eigenvalue weighted by molar-refractivity contribution is -0.156. The van der Waals surface area contributed by atoms with Crippen LogP contribution in [0.15, 0.2) is 72.8 Å². The largest absolute Gasteiger partial charge is 0.466 e. The van der Waals surface area contributed by atoms with E-state index in [4.69, 9.17) is 4.74 Å². The van der Waals surface area contributed by atoms with Gasteiger partial charge in [-0.2, -0.15) is 0 Å². The molecule has 0 radical (unpaired) electrons. The number of likely N-dealkylation sites (tertiary alicyclic amines) is 1. The number of hydrogen-bond acceptors (Lipinski definition) is 5. The van der Waals surface area contributed by atoms with Gasteiger partial charge in [0, 0.05) is 12.5 Å². The van der Waals surface area contributed by atoms with Crippen LogP contribution in [0.4, 0.5) is 0 Å². The molecule has 1 fully saturated rings. The number of ether oxygens (including phenoxy) is 1. The Labute approximate surface area is 218 Å². The summed E-state index contributed by atoms with van der Waals surface area (Å²) in [6.07, 6.45) is 4.96. The maximum Gasteiger partial charge on any atom is 0.310 e. The zero-order valence-corrected chi connectivity index (χ0v) is 21.5. The van der Waals surface area contributed by atoms with Gasteiger partial charge in [0.15, 0.2) is 0 Å². The van der Waals surface area contributed by atoms with Crippen LogP contribution in [0.2, 0.25) is 0 Å². The highest BCUT2D eigenvalue weighted by Crippen LogP contribution is 2.46. The number of allylic oxidation sites excluding steroid dienone is 1. The first-order chi connectivity index (χ1) is 18.0. The van der Waals surface area contributed by atoms with Crippen LogP contribution in [-0.4, -0.2) is 53.1 Å². The Bertz CT molecular complexity index is 1100. The maximum absolute atomic E-state index is 14.1. The molecule has 7 nitrogen and oxygen atoms in total. The molecule has 37 heavy (non-hydrogen) atoms. The van der Waals surface area contributed by atoms with E-state index in [9.17, 15) is 19.5 Å². The summed E-state index contributed by atoms with van der Waals surface area (Å²) in [4.78, 5) is 42.5. The molecule has 1 saturated heterocycles. The first-order valence-corrected chi connectivity index (χ1v) is 13.1. The molecule has 4 rings (SSSR count). The van der Waals surface area contributed by atoms with E-state index >= 15 is 0 Å². The Balaban J connectivity index is 1.69. The summed E-state index contributed by atoms with van der Waals surface area (Å²) < 4.78 is 5.40. The van der Waals surface area contributed by atoms with Gasteiger partial charge in [-0.1, -0.05) is 79.7 Å².